The summed E-state index contributed by atoms with van der Waals surface area (Å²) in [5, 5.41) is 23.9. The van der Waals surface area contributed by atoms with Gasteiger partial charge in [0.05, 0.1) is 54.2 Å². The summed E-state index contributed by atoms with van der Waals surface area (Å²) in [6.45, 7) is -0.125. The third-order valence-electron chi connectivity index (χ3n) is 12.1. The molecule has 0 radical (unpaired) electrons. The van der Waals surface area contributed by atoms with Gasteiger partial charge in [-0.15, -0.1) is 0 Å². The minimum atomic E-state index is -4.66. The van der Waals surface area contributed by atoms with E-state index in [4.69, 9.17) is 23.7 Å². The molecule has 8 rings (SSSR count). The van der Waals surface area contributed by atoms with Crippen LogP contribution in [0, 0.1) is 10.8 Å². The van der Waals surface area contributed by atoms with Crippen molar-refractivity contribution < 1.29 is 41.7 Å². The van der Waals surface area contributed by atoms with Crippen molar-refractivity contribution in [3.63, 3.8) is 0 Å². The highest BCUT2D eigenvalue weighted by atomic mass is 19.4. The summed E-state index contributed by atoms with van der Waals surface area (Å²) in [6.07, 6.45) is -4.66. The normalized spacial score (nSPS) is 15.7. The molecule has 12 nitrogen and oxygen atoms in total. The second-order valence-electron chi connectivity index (χ2n) is 15.5. The molecule has 0 aromatic heterocycles. The Bertz CT molecular complexity index is 2600. The maximum atomic E-state index is 16.1. The lowest BCUT2D eigenvalue weighted by Crippen LogP contribution is -2.63. The minimum absolute atomic E-state index is 0.0904. The van der Waals surface area contributed by atoms with Crippen LogP contribution < -0.4 is 23.7 Å². The van der Waals surface area contributed by atoms with Gasteiger partial charge in [0.1, 0.15) is 34.3 Å². The number of hydrogen-bond donors (Lipinski definition) is 2. The van der Waals surface area contributed by atoms with Gasteiger partial charge in [0, 0.05) is 12.1 Å². The predicted octanol–water partition coefficient (Wildman–Crippen LogP) is 8.88. The first kappa shape index (κ1) is 43.9. The van der Waals surface area contributed by atoms with Crippen LogP contribution in [0.4, 0.5) is 13.2 Å². The Morgan fingerprint density at radius 1 is 0.554 bits per heavy atom. The molecule has 2 fully saturated rings. The fourth-order valence-electron chi connectivity index (χ4n) is 8.89. The summed E-state index contributed by atoms with van der Waals surface area (Å²) in [7, 11) is 7.75. The topological polar surface area (TPSA) is 124 Å². The summed E-state index contributed by atoms with van der Waals surface area (Å²) in [5.41, 5.74) is -1.24. The number of halogens is 3. The van der Waals surface area contributed by atoms with Crippen molar-refractivity contribution in [3.05, 3.63) is 185 Å². The standard InChI is InChI=1S/C50H47F3N6O6/c1-61-40-21-13-35(14-22-40)48(36-15-23-41(62-2)24-16-36)32-56(31-34-10-6-7-12-44(34)65-5)46(54)58(48)59-47(55)57(30-33-9-8-11-39(29-33)50(51,52)53)45(60)49(59,37-17-25-42(63-3)26-18-37)38-19-27-43(64-4)28-20-38/h6-29,54-55H,30-32H2,1-5H3. The molecule has 1 amide bonds. The van der Waals surface area contributed by atoms with E-state index < -0.39 is 41.2 Å². The monoisotopic (exact) mass is 884 g/mol. The largest absolute Gasteiger partial charge is 0.497 e. The van der Waals surface area contributed by atoms with Gasteiger partial charge in [-0.25, -0.2) is 10.0 Å². The van der Waals surface area contributed by atoms with Crippen LogP contribution in [0.2, 0.25) is 0 Å². The van der Waals surface area contributed by atoms with E-state index in [2.05, 4.69) is 0 Å². The Labute approximate surface area is 374 Å². The Hall–Kier alpha value is -7.68. The fourth-order valence-corrected chi connectivity index (χ4v) is 8.89. The van der Waals surface area contributed by atoms with Gasteiger partial charge in [0.15, 0.2) is 5.54 Å². The average Bonchev–Trinajstić information content (AvgIpc) is 3.74. The molecule has 0 unspecified atom stereocenters. The highest BCUT2D eigenvalue weighted by Gasteiger charge is 2.66. The second-order valence-corrected chi connectivity index (χ2v) is 15.5. The molecule has 0 aliphatic carbocycles. The van der Waals surface area contributed by atoms with Crippen LogP contribution in [-0.2, 0) is 35.1 Å². The maximum absolute atomic E-state index is 16.1. The molecule has 0 bridgehead atoms. The molecule has 2 aliphatic rings. The van der Waals surface area contributed by atoms with E-state index in [9.17, 15) is 24.0 Å². The van der Waals surface area contributed by atoms with E-state index in [1.165, 1.54) is 36.3 Å². The molecule has 6 aromatic carbocycles. The first-order valence-corrected chi connectivity index (χ1v) is 20.5. The zero-order valence-electron chi connectivity index (χ0n) is 36.3. The SMILES string of the molecule is COc1ccc(C2(c3ccc(OC)cc3)CN(Cc3ccccc3OC)C(=N)N2N2C(=N)N(Cc3cccc(C(F)(F)F)c3)C(=O)C2(c2ccc(OC)cc2)c2ccc(OC)cc2)cc1. The van der Waals surface area contributed by atoms with Crippen LogP contribution in [0.3, 0.4) is 0 Å². The molecule has 15 heteroatoms. The van der Waals surface area contributed by atoms with Gasteiger partial charge in [-0.2, -0.15) is 13.2 Å². The molecule has 0 atom stereocenters. The number of amides is 1. The third kappa shape index (κ3) is 7.55. The summed E-state index contributed by atoms with van der Waals surface area (Å²) >= 11 is 0. The van der Waals surface area contributed by atoms with E-state index in [1.54, 1.807) is 74.9 Å². The minimum Gasteiger partial charge on any atom is -0.497 e. The maximum Gasteiger partial charge on any atom is 0.416 e. The number of ether oxygens (including phenoxy) is 5. The van der Waals surface area contributed by atoms with Crippen molar-refractivity contribution in [1.29, 1.82) is 10.8 Å². The number of nitrogens with one attached hydrogen (secondary N) is 2. The van der Waals surface area contributed by atoms with Crippen LogP contribution >= 0.6 is 0 Å². The van der Waals surface area contributed by atoms with Crippen LogP contribution in [-0.4, -0.2) is 79.7 Å². The highest BCUT2D eigenvalue weighted by Crippen LogP contribution is 2.53. The molecule has 2 heterocycles. The van der Waals surface area contributed by atoms with Gasteiger partial charge in [0.2, 0.25) is 11.9 Å². The van der Waals surface area contributed by atoms with Crippen LogP contribution in [0.5, 0.6) is 28.7 Å². The Morgan fingerprint density at radius 2 is 1.03 bits per heavy atom. The molecule has 2 saturated heterocycles. The summed E-state index contributed by atoms with van der Waals surface area (Å²) in [4.78, 5) is 19.1. The predicted molar refractivity (Wildman–Crippen MR) is 238 cm³/mol. The van der Waals surface area contributed by atoms with E-state index >= 15 is 4.79 Å². The number of carbonyl (C=O) groups excluding carboxylic acids is 1. The number of hydrazine groups is 1. The van der Waals surface area contributed by atoms with Crippen LogP contribution in [0.1, 0.15) is 38.9 Å². The molecular formula is C50H47F3N6O6. The van der Waals surface area contributed by atoms with Crippen molar-refractivity contribution in [1.82, 2.24) is 19.8 Å². The highest BCUT2D eigenvalue weighted by molar-refractivity contribution is 6.11. The van der Waals surface area contributed by atoms with Crippen LogP contribution in [0.15, 0.2) is 146 Å². The van der Waals surface area contributed by atoms with Crippen molar-refractivity contribution in [2.75, 3.05) is 42.1 Å². The summed E-state index contributed by atoms with van der Waals surface area (Å²) in [6, 6.07) is 40.7. The second kappa shape index (κ2) is 17.5. The Kier molecular flexibility index (Phi) is 11.8. The number of guanidine groups is 2. The molecule has 2 N–H and O–H groups in total. The number of rotatable bonds is 14. The van der Waals surface area contributed by atoms with Gasteiger partial charge in [-0.1, -0.05) is 78.9 Å². The first-order valence-electron chi connectivity index (χ1n) is 20.5. The van der Waals surface area contributed by atoms with Crippen LogP contribution in [0.25, 0.3) is 0 Å². The fraction of sp³-hybridized carbons (Fsp3) is 0.220. The molecular weight excluding hydrogens is 838 g/mol. The van der Waals surface area contributed by atoms with E-state index in [0.29, 0.717) is 51.0 Å². The number of para-hydroxylation sites is 1. The Balaban J connectivity index is 1.46. The Morgan fingerprint density at radius 3 is 1.49 bits per heavy atom. The lowest BCUT2D eigenvalue weighted by Gasteiger charge is -2.49. The number of carbonyl (C=O) groups is 1. The van der Waals surface area contributed by atoms with E-state index in [1.807, 2.05) is 77.7 Å². The molecule has 0 spiro atoms. The van der Waals surface area contributed by atoms with Gasteiger partial charge < -0.3 is 28.6 Å². The molecule has 6 aromatic rings. The lowest BCUT2D eigenvalue weighted by atomic mass is 9.80. The zero-order chi connectivity index (χ0) is 46.1. The summed E-state index contributed by atoms with van der Waals surface area (Å²) in [5.74, 6) is 1.60. The number of benzene rings is 6. The molecule has 334 valence electrons. The lowest BCUT2D eigenvalue weighted by molar-refractivity contribution is -0.137. The van der Waals surface area contributed by atoms with Crippen molar-refractivity contribution in [2.45, 2.75) is 30.3 Å². The zero-order valence-corrected chi connectivity index (χ0v) is 36.3. The van der Waals surface area contributed by atoms with E-state index in [-0.39, 0.29) is 24.6 Å². The first-order chi connectivity index (χ1) is 31.3. The quantitative estimate of drug-likeness (QED) is 0.110. The molecule has 2 aliphatic heterocycles. The van der Waals surface area contributed by atoms with Crippen molar-refractivity contribution in [3.8, 4) is 28.7 Å². The van der Waals surface area contributed by atoms with Crippen molar-refractivity contribution >= 4 is 17.8 Å². The molecule has 65 heavy (non-hydrogen) atoms. The van der Waals surface area contributed by atoms with Crippen molar-refractivity contribution in [2.24, 2.45) is 0 Å². The smallest absolute Gasteiger partial charge is 0.416 e. The summed E-state index contributed by atoms with van der Waals surface area (Å²) < 4.78 is 70.6. The van der Waals surface area contributed by atoms with Gasteiger partial charge in [0.25, 0.3) is 5.91 Å². The number of methoxy groups -OCH3 is 5. The van der Waals surface area contributed by atoms with Gasteiger partial charge >= 0.3 is 6.18 Å². The third-order valence-corrected chi connectivity index (χ3v) is 12.1. The molecule has 0 saturated carbocycles. The average molecular weight is 885 g/mol. The number of alkyl halides is 3. The number of nitrogens with zero attached hydrogens (tertiary/aromatic N) is 4. The number of hydrogen-bond acceptors (Lipinski definition) is 8. The van der Waals surface area contributed by atoms with Gasteiger partial charge in [-0.3, -0.25) is 20.5 Å². The van der Waals surface area contributed by atoms with Gasteiger partial charge in [-0.05, 0) is 94.5 Å². The van der Waals surface area contributed by atoms with E-state index in [0.717, 1.165) is 17.7 Å².